The first-order valence-corrected chi connectivity index (χ1v) is 10.4. The summed E-state index contributed by atoms with van der Waals surface area (Å²) in [5, 5.41) is 24.0. The predicted molar refractivity (Wildman–Crippen MR) is 118 cm³/mol. The van der Waals surface area contributed by atoms with Crippen LogP contribution in [0.2, 0.25) is 0 Å². The number of hydrogen-bond donors (Lipinski definition) is 4. The molecular weight excluding hydrogens is 434 g/mol. The number of methoxy groups -OCH3 is 1. The lowest BCUT2D eigenvalue weighted by molar-refractivity contribution is -0.145. The van der Waals surface area contributed by atoms with Crippen LogP contribution >= 0.6 is 0 Å². The van der Waals surface area contributed by atoms with E-state index in [0.29, 0.717) is 5.56 Å². The van der Waals surface area contributed by atoms with Gasteiger partial charge in [0.2, 0.25) is 11.8 Å². The van der Waals surface area contributed by atoms with Gasteiger partial charge >= 0.3 is 12.1 Å². The fraction of sp³-hybridized carbons (Fsp3) is 0.545. The molecule has 0 bridgehead atoms. The van der Waals surface area contributed by atoms with Crippen molar-refractivity contribution >= 4 is 23.9 Å². The van der Waals surface area contributed by atoms with Crippen LogP contribution < -0.4 is 10.6 Å². The van der Waals surface area contributed by atoms with Crippen LogP contribution in [-0.2, 0) is 23.9 Å². The fourth-order valence-corrected chi connectivity index (χ4v) is 2.95. The second-order valence-corrected chi connectivity index (χ2v) is 8.25. The number of aliphatic hydroxyl groups is 2. The Hall–Kier alpha value is -3.18. The van der Waals surface area contributed by atoms with E-state index in [0.717, 1.165) is 10.5 Å². The van der Waals surface area contributed by atoms with Gasteiger partial charge in [-0.15, -0.1) is 0 Å². The van der Waals surface area contributed by atoms with Gasteiger partial charge in [0.15, 0.2) is 0 Å². The molecule has 0 radical (unpaired) electrons. The number of amides is 3. The maximum Gasteiger partial charge on any atom is 0.408 e. The molecule has 0 aliphatic rings. The van der Waals surface area contributed by atoms with Crippen molar-refractivity contribution in [2.75, 3.05) is 33.4 Å². The van der Waals surface area contributed by atoms with Crippen LogP contribution in [-0.4, -0.2) is 84.0 Å². The van der Waals surface area contributed by atoms with E-state index in [1.165, 1.54) is 7.11 Å². The number of nitrogens with zero attached hydrogens (tertiary/aromatic N) is 1. The van der Waals surface area contributed by atoms with Gasteiger partial charge in [0.25, 0.3) is 0 Å². The number of alkyl carbamates (subject to hydrolysis) is 1. The summed E-state index contributed by atoms with van der Waals surface area (Å²) < 4.78 is 9.66. The molecule has 1 aromatic rings. The lowest BCUT2D eigenvalue weighted by Gasteiger charge is -2.33. The predicted octanol–water partition coefficient (Wildman–Crippen LogP) is 0.0318. The number of ether oxygens (including phenoxy) is 2. The van der Waals surface area contributed by atoms with Crippen molar-refractivity contribution in [3.63, 3.8) is 0 Å². The average molecular weight is 468 g/mol. The van der Waals surface area contributed by atoms with E-state index in [1.54, 1.807) is 52.0 Å². The van der Waals surface area contributed by atoms with Gasteiger partial charge in [-0.25, -0.2) is 4.79 Å². The van der Waals surface area contributed by atoms with Gasteiger partial charge in [0, 0.05) is 6.54 Å². The van der Waals surface area contributed by atoms with Crippen LogP contribution in [0.3, 0.4) is 0 Å². The van der Waals surface area contributed by atoms with Gasteiger partial charge in [-0.3, -0.25) is 14.4 Å². The molecule has 4 N–H and O–H groups in total. The molecule has 0 spiro atoms. The van der Waals surface area contributed by atoms with Crippen LogP contribution in [0.25, 0.3) is 0 Å². The quantitative estimate of drug-likeness (QED) is 0.352. The summed E-state index contributed by atoms with van der Waals surface area (Å²) in [5.41, 5.74) is 0.379. The standard InChI is InChI=1S/C22H33N3O8/c1-14-7-6-8-15(11-14)18(19(29)23-12-17(28)32-5)25(9-10-26)20(30)16(13-27)24-21(31)33-22(2,3)4/h6-8,11,16,18,26-27H,9-10,12-13H2,1-5H3,(H,23,29)(H,24,31). The lowest BCUT2D eigenvalue weighted by Crippen LogP contribution is -2.55. The summed E-state index contributed by atoms with van der Waals surface area (Å²) in [4.78, 5) is 51.0. The normalized spacial score (nSPS) is 12.8. The SMILES string of the molecule is COC(=O)CNC(=O)C(c1cccc(C)c1)N(CCO)C(=O)C(CO)NC(=O)OC(C)(C)C. The maximum absolute atomic E-state index is 13.3. The molecule has 1 aromatic carbocycles. The Labute approximate surface area is 193 Å². The molecule has 11 nitrogen and oxygen atoms in total. The molecule has 0 heterocycles. The van der Waals surface area contributed by atoms with E-state index >= 15 is 0 Å². The lowest BCUT2D eigenvalue weighted by atomic mass is 10.0. The highest BCUT2D eigenvalue weighted by Crippen LogP contribution is 2.23. The van der Waals surface area contributed by atoms with Crippen LogP contribution in [0.4, 0.5) is 4.79 Å². The number of hydrogen-bond acceptors (Lipinski definition) is 8. The molecule has 0 aliphatic heterocycles. The van der Waals surface area contributed by atoms with Gasteiger partial charge in [-0.1, -0.05) is 29.8 Å². The monoisotopic (exact) mass is 467 g/mol. The Morgan fingerprint density at radius 2 is 1.82 bits per heavy atom. The molecule has 33 heavy (non-hydrogen) atoms. The third-order valence-electron chi connectivity index (χ3n) is 4.35. The Bertz CT molecular complexity index is 837. The maximum atomic E-state index is 13.3. The molecule has 184 valence electrons. The molecule has 1 rings (SSSR count). The largest absolute Gasteiger partial charge is 0.468 e. The number of carbonyl (C=O) groups is 4. The fourth-order valence-electron chi connectivity index (χ4n) is 2.95. The molecule has 2 unspecified atom stereocenters. The van der Waals surface area contributed by atoms with Crippen LogP contribution in [0, 0.1) is 6.92 Å². The Morgan fingerprint density at radius 1 is 1.15 bits per heavy atom. The zero-order valence-electron chi connectivity index (χ0n) is 19.6. The van der Waals surface area contributed by atoms with E-state index in [-0.39, 0.29) is 6.54 Å². The van der Waals surface area contributed by atoms with Gasteiger partial charge in [0.05, 0.1) is 20.3 Å². The van der Waals surface area contributed by atoms with E-state index in [1.807, 2.05) is 0 Å². The van der Waals surface area contributed by atoms with Gasteiger partial charge in [-0.05, 0) is 33.3 Å². The van der Waals surface area contributed by atoms with Crippen LogP contribution in [0.1, 0.15) is 37.9 Å². The van der Waals surface area contributed by atoms with Crippen molar-refractivity contribution in [3.05, 3.63) is 35.4 Å². The number of esters is 1. The molecular formula is C22H33N3O8. The number of benzene rings is 1. The highest BCUT2D eigenvalue weighted by atomic mass is 16.6. The number of aryl methyl sites for hydroxylation is 1. The molecule has 0 saturated carbocycles. The number of nitrogens with one attached hydrogen (secondary N) is 2. The molecule has 0 saturated heterocycles. The Balaban J connectivity index is 3.29. The molecule has 11 heteroatoms. The van der Waals surface area contributed by atoms with E-state index in [4.69, 9.17) is 4.74 Å². The minimum Gasteiger partial charge on any atom is -0.468 e. The minimum atomic E-state index is -1.44. The van der Waals surface area contributed by atoms with Crippen LogP contribution in [0.15, 0.2) is 24.3 Å². The van der Waals surface area contributed by atoms with Crippen molar-refractivity contribution in [1.29, 1.82) is 0 Å². The summed E-state index contributed by atoms with van der Waals surface area (Å²) in [7, 11) is 1.17. The first kappa shape index (κ1) is 27.9. The topological polar surface area (TPSA) is 154 Å². The number of aliphatic hydroxyl groups excluding tert-OH is 2. The van der Waals surface area contributed by atoms with Crippen molar-refractivity contribution in [3.8, 4) is 0 Å². The van der Waals surface area contributed by atoms with Gasteiger partial charge < -0.3 is 35.2 Å². The van der Waals surface area contributed by atoms with Gasteiger partial charge in [0.1, 0.15) is 24.2 Å². The first-order chi connectivity index (χ1) is 15.4. The van der Waals surface area contributed by atoms with Crippen molar-refractivity contribution in [1.82, 2.24) is 15.5 Å². The third kappa shape index (κ3) is 9.07. The second-order valence-electron chi connectivity index (χ2n) is 8.25. The molecule has 0 aromatic heterocycles. The average Bonchev–Trinajstić information content (AvgIpc) is 2.73. The third-order valence-corrected chi connectivity index (χ3v) is 4.35. The van der Waals surface area contributed by atoms with Crippen molar-refractivity contribution in [2.24, 2.45) is 0 Å². The second kappa shape index (κ2) is 12.8. The molecule has 3 amide bonds. The van der Waals surface area contributed by atoms with E-state index in [2.05, 4.69) is 15.4 Å². The van der Waals surface area contributed by atoms with E-state index in [9.17, 15) is 29.4 Å². The summed E-state index contributed by atoms with van der Waals surface area (Å²) >= 11 is 0. The van der Waals surface area contributed by atoms with Gasteiger partial charge in [-0.2, -0.15) is 0 Å². The highest BCUT2D eigenvalue weighted by Gasteiger charge is 2.36. The first-order valence-electron chi connectivity index (χ1n) is 10.4. The summed E-state index contributed by atoms with van der Waals surface area (Å²) in [6.45, 7) is 4.73. The minimum absolute atomic E-state index is 0.282. The van der Waals surface area contributed by atoms with E-state index < -0.39 is 61.3 Å². The smallest absolute Gasteiger partial charge is 0.408 e. The summed E-state index contributed by atoms with van der Waals surface area (Å²) in [6, 6.07) is 4.08. The highest BCUT2D eigenvalue weighted by molar-refractivity contribution is 5.93. The zero-order valence-corrected chi connectivity index (χ0v) is 19.6. The molecule has 0 aliphatic carbocycles. The Morgan fingerprint density at radius 3 is 2.33 bits per heavy atom. The number of carbonyl (C=O) groups excluding carboxylic acids is 4. The Kier molecular flexibility index (Phi) is 10.8. The summed E-state index contributed by atoms with van der Waals surface area (Å²) in [5.74, 6) is -2.22. The van der Waals surface area contributed by atoms with Crippen molar-refractivity contribution in [2.45, 2.75) is 45.4 Å². The van der Waals surface area contributed by atoms with Crippen LogP contribution in [0.5, 0.6) is 0 Å². The zero-order chi connectivity index (χ0) is 25.2. The number of rotatable bonds is 10. The van der Waals surface area contributed by atoms with Crippen molar-refractivity contribution < 1.29 is 38.9 Å². The summed E-state index contributed by atoms with van der Waals surface area (Å²) in [6.07, 6.45) is -0.930. The molecule has 2 atom stereocenters. The molecule has 0 fully saturated rings.